The fraction of sp³-hybridized carbons (Fsp3) is 0.368. The molecule has 5 nitrogen and oxygen atoms in total. The normalized spacial score (nSPS) is 16.7. The van der Waals surface area contributed by atoms with Crippen LogP contribution >= 0.6 is 0 Å². The topological polar surface area (TPSA) is 53.9 Å². The van der Waals surface area contributed by atoms with Crippen molar-refractivity contribution >= 4 is 11.0 Å². The molecule has 1 fully saturated rings. The highest BCUT2D eigenvalue weighted by atomic mass is 16.1. The Bertz CT molecular complexity index is 860. The number of pyridine rings is 1. The molecule has 1 aromatic carbocycles. The zero-order valence-corrected chi connectivity index (χ0v) is 13.7. The van der Waals surface area contributed by atoms with Crippen LogP contribution in [0.3, 0.4) is 0 Å². The number of benzene rings is 1. The molecule has 3 aromatic rings. The quantitative estimate of drug-likeness (QED) is 0.803. The predicted molar refractivity (Wildman–Crippen MR) is 95.2 cm³/mol. The van der Waals surface area contributed by atoms with E-state index in [2.05, 4.69) is 20.9 Å². The van der Waals surface area contributed by atoms with Gasteiger partial charge in [-0.3, -0.25) is 9.55 Å². The van der Waals surface area contributed by atoms with E-state index < -0.39 is 0 Å². The van der Waals surface area contributed by atoms with Crippen molar-refractivity contribution in [1.82, 2.24) is 19.4 Å². The first-order valence-electron chi connectivity index (χ1n) is 8.63. The molecule has 0 radical (unpaired) electrons. The molecule has 1 N–H and O–H groups in total. The van der Waals surface area contributed by atoms with Crippen LogP contribution in [0.25, 0.3) is 11.0 Å². The smallest absolute Gasteiger partial charge is 0.306 e. The van der Waals surface area contributed by atoms with Gasteiger partial charge in [0.15, 0.2) is 0 Å². The van der Waals surface area contributed by atoms with E-state index >= 15 is 0 Å². The number of nitrogens with one attached hydrogen (secondary N) is 1. The van der Waals surface area contributed by atoms with Crippen molar-refractivity contribution in [1.29, 1.82) is 0 Å². The summed E-state index contributed by atoms with van der Waals surface area (Å²) in [5.74, 6) is 0. The SMILES string of the molecule is O=c1[nH]c2ccccc2n1C1CCN(CCc2ccccn2)CC1. The molecule has 24 heavy (non-hydrogen) atoms. The van der Waals surface area contributed by atoms with Gasteiger partial charge in [-0.05, 0) is 37.1 Å². The fourth-order valence-corrected chi connectivity index (χ4v) is 3.66. The molecule has 0 unspecified atom stereocenters. The molecule has 0 amide bonds. The number of nitrogens with zero attached hydrogens (tertiary/aromatic N) is 3. The molecule has 2 aromatic heterocycles. The highest BCUT2D eigenvalue weighted by Crippen LogP contribution is 2.24. The van der Waals surface area contributed by atoms with Crippen LogP contribution in [0.1, 0.15) is 24.6 Å². The number of H-pyrrole nitrogens is 1. The number of imidazole rings is 1. The van der Waals surface area contributed by atoms with Gasteiger partial charge in [0.05, 0.1) is 11.0 Å². The van der Waals surface area contributed by atoms with Crippen LogP contribution in [-0.2, 0) is 6.42 Å². The van der Waals surface area contributed by atoms with E-state index in [0.717, 1.165) is 55.6 Å². The van der Waals surface area contributed by atoms with Crippen LogP contribution in [-0.4, -0.2) is 39.1 Å². The molecule has 1 aliphatic rings. The van der Waals surface area contributed by atoms with Crippen LogP contribution in [0.15, 0.2) is 53.5 Å². The molecule has 0 atom stereocenters. The second kappa shape index (κ2) is 6.61. The van der Waals surface area contributed by atoms with Crippen molar-refractivity contribution < 1.29 is 0 Å². The average molecular weight is 322 g/mol. The number of rotatable bonds is 4. The van der Waals surface area contributed by atoms with Crippen molar-refractivity contribution in [3.8, 4) is 0 Å². The average Bonchev–Trinajstić information content (AvgIpc) is 2.97. The summed E-state index contributed by atoms with van der Waals surface area (Å²) < 4.78 is 1.95. The van der Waals surface area contributed by atoms with Crippen molar-refractivity contribution in [3.63, 3.8) is 0 Å². The lowest BCUT2D eigenvalue weighted by Crippen LogP contribution is -2.38. The van der Waals surface area contributed by atoms with E-state index in [1.165, 1.54) is 0 Å². The molecule has 0 saturated carbocycles. The molecular formula is C19H22N4O. The summed E-state index contributed by atoms with van der Waals surface area (Å²) in [6, 6.07) is 14.3. The number of aromatic amines is 1. The van der Waals surface area contributed by atoms with Gasteiger partial charge in [-0.1, -0.05) is 18.2 Å². The lowest BCUT2D eigenvalue weighted by molar-refractivity contribution is 0.188. The Balaban J connectivity index is 1.41. The molecule has 4 rings (SSSR count). The lowest BCUT2D eigenvalue weighted by atomic mass is 10.0. The summed E-state index contributed by atoms with van der Waals surface area (Å²) in [4.78, 5) is 22.1. The summed E-state index contributed by atoms with van der Waals surface area (Å²) >= 11 is 0. The third-order valence-electron chi connectivity index (χ3n) is 4.96. The van der Waals surface area contributed by atoms with Crippen molar-refractivity contribution in [3.05, 3.63) is 64.8 Å². The van der Waals surface area contributed by atoms with Crippen molar-refractivity contribution in [2.45, 2.75) is 25.3 Å². The fourth-order valence-electron chi connectivity index (χ4n) is 3.66. The van der Waals surface area contributed by atoms with E-state index in [0.29, 0.717) is 6.04 Å². The Hall–Kier alpha value is -2.40. The first-order valence-corrected chi connectivity index (χ1v) is 8.63. The lowest BCUT2D eigenvalue weighted by Gasteiger charge is -2.32. The van der Waals surface area contributed by atoms with E-state index in [9.17, 15) is 4.79 Å². The number of hydrogen-bond donors (Lipinski definition) is 1. The predicted octanol–water partition coefficient (Wildman–Crippen LogP) is 2.60. The maximum absolute atomic E-state index is 12.3. The van der Waals surface area contributed by atoms with Gasteiger partial charge in [0.1, 0.15) is 0 Å². The van der Waals surface area contributed by atoms with Gasteiger partial charge in [0.2, 0.25) is 0 Å². The van der Waals surface area contributed by atoms with Gasteiger partial charge >= 0.3 is 5.69 Å². The Morgan fingerprint density at radius 2 is 1.88 bits per heavy atom. The maximum atomic E-state index is 12.3. The standard InChI is InChI=1S/C19H22N4O/c24-19-21-17-6-1-2-7-18(17)23(19)16-9-13-22(14-10-16)12-8-15-5-3-4-11-20-15/h1-7,11,16H,8-10,12-14H2,(H,21,24). The van der Waals surface area contributed by atoms with Crippen LogP contribution in [0.2, 0.25) is 0 Å². The Kier molecular flexibility index (Phi) is 4.17. The summed E-state index contributed by atoms with van der Waals surface area (Å²) in [5, 5.41) is 0. The number of hydrogen-bond acceptors (Lipinski definition) is 3. The number of piperidine rings is 1. The third kappa shape index (κ3) is 2.99. The summed E-state index contributed by atoms with van der Waals surface area (Å²) in [6.45, 7) is 3.10. The highest BCUT2D eigenvalue weighted by Gasteiger charge is 2.23. The number of likely N-dealkylation sites (tertiary alicyclic amines) is 1. The molecule has 0 aliphatic carbocycles. The Morgan fingerprint density at radius 3 is 2.67 bits per heavy atom. The molecule has 5 heteroatoms. The number of para-hydroxylation sites is 2. The first-order chi connectivity index (χ1) is 11.8. The van der Waals surface area contributed by atoms with E-state index in [1.807, 2.05) is 47.2 Å². The molecule has 124 valence electrons. The molecule has 1 saturated heterocycles. The summed E-state index contributed by atoms with van der Waals surface area (Å²) in [5.41, 5.74) is 3.12. The number of aromatic nitrogens is 3. The van der Waals surface area contributed by atoms with Gasteiger partial charge in [-0.2, -0.15) is 0 Å². The second-order valence-electron chi connectivity index (χ2n) is 6.46. The molecule has 0 spiro atoms. The minimum Gasteiger partial charge on any atom is -0.306 e. The van der Waals surface area contributed by atoms with Gasteiger partial charge < -0.3 is 9.88 Å². The van der Waals surface area contributed by atoms with Crippen molar-refractivity contribution in [2.24, 2.45) is 0 Å². The largest absolute Gasteiger partial charge is 0.326 e. The van der Waals surface area contributed by atoms with Gasteiger partial charge in [-0.15, -0.1) is 0 Å². The first kappa shape index (κ1) is 15.1. The monoisotopic (exact) mass is 322 g/mol. The van der Waals surface area contributed by atoms with Crippen LogP contribution in [0.5, 0.6) is 0 Å². The van der Waals surface area contributed by atoms with Crippen molar-refractivity contribution in [2.75, 3.05) is 19.6 Å². The summed E-state index contributed by atoms with van der Waals surface area (Å²) in [7, 11) is 0. The zero-order valence-electron chi connectivity index (χ0n) is 13.7. The second-order valence-corrected chi connectivity index (χ2v) is 6.46. The molecule has 3 heterocycles. The molecule has 1 aliphatic heterocycles. The van der Waals surface area contributed by atoms with E-state index in [-0.39, 0.29) is 5.69 Å². The van der Waals surface area contributed by atoms with Crippen LogP contribution in [0.4, 0.5) is 0 Å². The van der Waals surface area contributed by atoms with E-state index in [4.69, 9.17) is 0 Å². The van der Waals surface area contributed by atoms with E-state index in [1.54, 1.807) is 0 Å². The maximum Gasteiger partial charge on any atom is 0.326 e. The Morgan fingerprint density at radius 1 is 1.08 bits per heavy atom. The highest BCUT2D eigenvalue weighted by molar-refractivity contribution is 5.75. The summed E-state index contributed by atoms with van der Waals surface area (Å²) in [6.07, 6.45) is 4.87. The third-order valence-corrected chi connectivity index (χ3v) is 4.96. The minimum atomic E-state index is 0.0168. The molecule has 0 bridgehead atoms. The zero-order chi connectivity index (χ0) is 16.4. The number of fused-ring (bicyclic) bond motifs is 1. The van der Waals surface area contributed by atoms with Gasteiger partial charge in [-0.25, -0.2) is 4.79 Å². The van der Waals surface area contributed by atoms with Crippen LogP contribution in [0, 0.1) is 0 Å². The van der Waals surface area contributed by atoms with Gasteiger partial charge in [0.25, 0.3) is 0 Å². The van der Waals surface area contributed by atoms with Gasteiger partial charge in [0, 0.05) is 44.0 Å². The molecular weight excluding hydrogens is 300 g/mol. The Labute approximate surface area is 140 Å². The van der Waals surface area contributed by atoms with Crippen LogP contribution < -0.4 is 5.69 Å². The minimum absolute atomic E-state index is 0.0168.